The van der Waals surface area contributed by atoms with Crippen LogP contribution in [0.15, 0.2) is 21.5 Å². The fourth-order valence-electron chi connectivity index (χ4n) is 1.89. The highest BCUT2D eigenvalue weighted by Gasteiger charge is 2.21. The number of halogens is 1. The highest BCUT2D eigenvalue weighted by Crippen LogP contribution is 2.26. The number of hydrogen-bond donors (Lipinski definition) is 2. The second kappa shape index (κ2) is 6.40. The summed E-state index contributed by atoms with van der Waals surface area (Å²) in [6.07, 6.45) is -0.258. The number of rotatable bonds is 4. The molecule has 0 spiro atoms. The smallest absolute Gasteiger partial charge is 0.240 e. The van der Waals surface area contributed by atoms with Crippen molar-refractivity contribution >= 4 is 31.6 Å². The van der Waals surface area contributed by atoms with Gasteiger partial charge in [0.15, 0.2) is 0 Å². The summed E-state index contributed by atoms with van der Waals surface area (Å²) in [7, 11) is -3.62. The largest absolute Gasteiger partial charge is 0.398 e. The summed E-state index contributed by atoms with van der Waals surface area (Å²) in [5.41, 5.74) is 6.75. The molecule has 0 saturated carbocycles. The Morgan fingerprint density at radius 2 is 2.20 bits per heavy atom. The molecular weight excluding hydrogens is 348 g/mol. The predicted molar refractivity (Wildman–Crippen MR) is 79.0 cm³/mol. The zero-order valence-electron chi connectivity index (χ0n) is 11.1. The summed E-state index contributed by atoms with van der Waals surface area (Å²) in [5, 5.41) is 0. The number of nitrogens with two attached hydrogens (primary N) is 1. The van der Waals surface area contributed by atoms with E-state index in [2.05, 4.69) is 20.7 Å². The first-order valence-electron chi connectivity index (χ1n) is 6.15. The van der Waals surface area contributed by atoms with Crippen molar-refractivity contribution in [3.63, 3.8) is 0 Å². The van der Waals surface area contributed by atoms with Gasteiger partial charge in [0, 0.05) is 16.7 Å². The van der Waals surface area contributed by atoms with Crippen LogP contribution < -0.4 is 10.5 Å². The highest BCUT2D eigenvalue weighted by atomic mass is 79.9. The molecule has 0 amide bonds. The molecule has 0 aliphatic carbocycles. The fourth-order valence-corrected chi connectivity index (χ4v) is 3.68. The van der Waals surface area contributed by atoms with E-state index in [-0.39, 0.29) is 17.5 Å². The Morgan fingerprint density at radius 1 is 1.45 bits per heavy atom. The molecule has 1 atom stereocenters. The summed E-state index contributed by atoms with van der Waals surface area (Å²) in [5.74, 6) is 0. The van der Waals surface area contributed by atoms with Crippen LogP contribution in [-0.4, -0.2) is 40.9 Å². The van der Waals surface area contributed by atoms with Crippen molar-refractivity contribution in [3.05, 3.63) is 22.2 Å². The first-order chi connectivity index (χ1) is 9.40. The second-order valence-corrected chi connectivity index (χ2v) is 7.15. The van der Waals surface area contributed by atoms with Crippen LogP contribution in [-0.2, 0) is 19.5 Å². The topological polar surface area (TPSA) is 90.7 Å². The van der Waals surface area contributed by atoms with Crippen molar-refractivity contribution in [2.45, 2.75) is 17.9 Å². The monoisotopic (exact) mass is 364 g/mol. The van der Waals surface area contributed by atoms with E-state index in [9.17, 15) is 8.42 Å². The van der Waals surface area contributed by atoms with Crippen LogP contribution in [0.5, 0.6) is 0 Å². The first kappa shape index (κ1) is 15.7. The van der Waals surface area contributed by atoms with Crippen molar-refractivity contribution < 1.29 is 17.9 Å². The number of ether oxygens (including phenoxy) is 2. The first-order valence-corrected chi connectivity index (χ1v) is 8.42. The Morgan fingerprint density at radius 3 is 2.85 bits per heavy atom. The summed E-state index contributed by atoms with van der Waals surface area (Å²) < 4.78 is 38.4. The maximum Gasteiger partial charge on any atom is 0.240 e. The van der Waals surface area contributed by atoms with Gasteiger partial charge in [0.25, 0.3) is 0 Å². The molecule has 1 aliphatic rings. The fraction of sp³-hybridized carbons (Fsp3) is 0.500. The van der Waals surface area contributed by atoms with Crippen LogP contribution in [0.4, 0.5) is 5.69 Å². The summed E-state index contributed by atoms with van der Waals surface area (Å²) in [6.45, 7) is 3.32. The van der Waals surface area contributed by atoms with E-state index in [0.29, 0.717) is 35.5 Å². The number of anilines is 1. The second-order valence-electron chi connectivity index (χ2n) is 4.56. The molecule has 1 aliphatic heterocycles. The maximum absolute atomic E-state index is 12.3. The Bertz CT molecular complexity index is 585. The van der Waals surface area contributed by atoms with E-state index >= 15 is 0 Å². The molecule has 3 N–H and O–H groups in total. The molecule has 2 rings (SSSR count). The lowest BCUT2D eigenvalue weighted by atomic mass is 10.2. The minimum Gasteiger partial charge on any atom is -0.398 e. The quantitative estimate of drug-likeness (QED) is 0.778. The highest BCUT2D eigenvalue weighted by molar-refractivity contribution is 9.10. The minimum absolute atomic E-state index is 0.176. The van der Waals surface area contributed by atoms with Gasteiger partial charge in [0.2, 0.25) is 10.0 Å². The minimum atomic E-state index is -3.62. The SMILES string of the molecule is Cc1cc(Br)c(N)cc1S(=O)(=O)NCC1COCCO1. The predicted octanol–water partition coefficient (Wildman–Crippen LogP) is 1.03. The van der Waals surface area contributed by atoms with E-state index in [1.165, 1.54) is 6.07 Å². The van der Waals surface area contributed by atoms with E-state index in [4.69, 9.17) is 15.2 Å². The molecule has 0 radical (unpaired) electrons. The average molecular weight is 365 g/mol. The molecule has 112 valence electrons. The number of aryl methyl sites for hydroxylation is 1. The number of sulfonamides is 1. The molecule has 20 heavy (non-hydrogen) atoms. The van der Waals surface area contributed by atoms with Gasteiger partial charge < -0.3 is 15.2 Å². The summed E-state index contributed by atoms with van der Waals surface area (Å²) in [6, 6.07) is 3.13. The van der Waals surface area contributed by atoms with Crippen LogP contribution >= 0.6 is 15.9 Å². The Labute approximate surface area is 126 Å². The third-order valence-corrected chi connectivity index (χ3v) is 5.22. The van der Waals surface area contributed by atoms with Gasteiger partial charge in [0.05, 0.1) is 30.8 Å². The van der Waals surface area contributed by atoms with Crippen LogP contribution in [0.25, 0.3) is 0 Å². The zero-order chi connectivity index (χ0) is 14.8. The Hall–Kier alpha value is -0.670. The molecule has 1 unspecified atom stereocenters. The van der Waals surface area contributed by atoms with Gasteiger partial charge in [-0.05, 0) is 40.5 Å². The lowest BCUT2D eigenvalue weighted by Gasteiger charge is -2.23. The molecule has 1 saturated heterocycles. The van der Waals surface area contributed by atoms with Crippen molar-refractivity contribution in [3.8, 4) is 0 Å². The van der Waals surface area contributed by atoms with Crippen molar-refractivity contribution in [1.29, 1.82) is 0 Å². The van der Waals surface area contributed by atoms with Crippen molar-refractivity contribution in [2.75, 3.05) is 32.1 Å². The van der Waals surface area contributed by atoms with E-state index in [1.54, 1.807) is 13.0 Å². The number of benzene rings is 1. The van der Waals surface area contributed by atoms with Crippen LogP contribution in [0.1, 0.15) is 5.56 Å². The van der Waals surface area contributed by atoms with Crippen LogP contribution in [0.2, 0.25) is 0 Å². The third kappa shape index (κ3) is 3.70. The molecule has 1 heterocycles. The van der Waals surface area contributed by atoms with Crippen LogP contribution in [0.3, 0.4) is 0 Å². The third-order valence-electron chi connectivity index (χ3n) is 2.97. The number of hydrogen-bond acceptors (Lipinski definition) is 5. The van der Waals surface area contributed by atoms with Crippen molar-refractivity contribution in [1.82, 2.24) is 4.72 Å². The van der Waals surface area contributed by atoms with E-state index < -0.39 is 10.0 Å². The average Bonchev–Trinajstić information content (AvgIpc) is 2.42. The molecule has 0 bridgehead atoms. The standard InChI is InChI=1S/C12H17BrN2O4S/c1-8-4-10(13)11(14)5-12(8)20(16,17)15-6-9-7-18-2-3-19-9/h4-5,9,15H,2-3,6-7,14H2,1H3. The molecule has 1 fully saturated rings. The van der Waals surface area contributed by atoms with E-state index in [1.807, 2.05) is 0 Å². The molecule has 8 heteroatoms. The molecule has 1 aromatic rings. The van der Waals surface area contributed by atoms with Gasteiger partial charge in [-0.25, -0.2) is 13.1 Å². The lowest BCUT2D eigenvalue weighted by molar-refractivity contribution is -0.0846. The van der Waals surface area contributed by atoms with Crippen LogP contribution in [0, 0.1) is 6.92 Å². The number of nitrogen functional groups attached to an aromatic ring is 1. The van der Waals surface area contributed by atoms with Gasteiger partial charge in [0.1, 0.15) is 0 Å². The van der Waals surface area contributed by atoms with E-state index in [0.717, 1.165) is 0 Å². The van der Waals surface area contributed by atoms with Gasteiger partial charge in [-0.2, -0.15) is 0 Å². The van der Waals surface area contributed by atoms with Crippen molar-refractivity contribution in [2.24, 2.45) is 0 Å². The molecule has 6 nitrogen and oxygen atoms in total. The van der Waals surface area contributed by atoms with Gasteiger partial charge in [-0.3, -0.25) is 0 Å². The summed E-state index contributed by atoms with van der Waals surface area (Å²) >= 11 is 3.27. The maximum atomic E-state index is 12.3. The summed E-state index contributed by atoms with van der Waals surface area (Å²) in [4.78, 5) is 0.176. The molecular formula is C12H17BrN2O4S. The zero-order valence-corrected chi connectivity index (χ0v) is 13.5. The van der Waals surface area contributed by atoms with Gasteiger partial charge in [-0.15, -0.1) is 0 Å². The normalized spacial score (nSPS) is 20.0. The Kier molecular flexibility index (Phi) is 5.03. The van der Waals surface area contributed by atoms with Gasteiger partial charge >= 0.3 is 0 Å². The van der Waals surface area contributed by atoms with Gasteiger partial charge in [-0.1, -0.05) is 0 Å². The molecule has 1 aromatic carbocycles. The number of nitrogens with one attached hydrogen (secondary N) is 1. The molecule has 0 aromatic heterocycles. The Balaban J connectivity index is 2.11. The lowest BCUT2D eigenvalue weighted by Crippen LogP contribution is -2.39.